The van der Waals surface area contributed by atoms with Crippen LogP contribution < -0.4 is 5.32 Å². The molecule has 4 nitrogen and oxygen atoms in total. The summed E-state index contributed by atoms with van der Waals surface area (Å²) in [6, 6.07) is 5.73. The average Bonchev–Trinajstić information content (AvgIpc) is 2.35. The van der Waals surface area contributed by atoms with Gasteiger partial charge < -0.3 is 15.3 Å². The van der Waals surface area contributed by atoms with Gasteiger partial charge in [0.1, 0.15) is 5.75 Å². The van der Waals surface area contributed by atoms with E-state index in [4.69, 9.17) is 0 Å². The minimum absolute atomic E-state index is 0.0861. The van der Waals surface area contributed by atoms with E-state index in [1.54, 1.807) is 25.1 Å². The topological polar surface area (TPSA) is 52.6 Å². The molecule has 0 bridgehead atoms. The standard InChI is InChI=1S/C14H20N2O2/c1-9-5-4-6-12(13(9)17)14(18)16-8-10(2)15-7-11(16)3/h4-6,10-11,15,17H,7-8H2,1-3H3. The van der Waals surface area contributed by atoms with Crippen molar-refractivity contribution in [3.8, 4) is 5.75 Å². The zero-order valence-corrected chi connectivity index (χ0v) is 11.1. The molecular weight excluding hydrogens is 228 g/mol. The largest absolute Gasteiger partial charge is 0.507 e. The zero-order chi connectivity index (χ0) is 13.3. The van der Waals surface area contributed by atoms with Gasteiger partial charge in [0.05, 0.1) is 5.56 Å². The number of amides is 1. The number of carbonyl (C=O) groups is 1. The minimum atomic E-state index is -0.0861. The van der Waals surface area contributed by atoms with E-state index in [1.807, 2.05) is 11.8 Å². The maximum absolute atomic E-state index is 12.5. The van der Waals surface area contributed by atoms with Crippen LogP contribution in [0.15, 0.2) is 18.2 Å². The lowest BCUT2D eigenvalue weighted by Gasteiger charge is -2.37. The van der Waals surface area contributed by atoms with E-state index in [0.29, 0.717) is 12.1 Å². The number of nitrogens with one attached hydrogen (secondary N) is 1. The van der Waals surface area contributed by atoms with Gasteiger partial charge >= 0.3 is 0 Å². The van der Waals surface area contributed by atoms with Crippen molar-refractivity contribution in [2.45, 2.75) is 32.9 Å². The molecule has 4 heteroatoms. The van der Waals surface area contributed by atoms with Crippen molar-refractivity contribution >= 4 is 5.91 Å². The van der Waals surface area contributed by atoms with Crippen molar-refractivity contribution in [1.82, 2.24) is 10.2 Å². The van der Waals surface area contributed by atoms with Gasteiger partial charge in [-0.15, -0.1) is 0 Å². The van der Waals surface area contributed by atoms with Gasteiger partial charge in [-0.3, -0.25) is 4.79 Å². The number of carbonyl (C=O) groups excluding carboxylic acids is 1. The van der Waals surface area contributed by atoms with Crippen LogP contribution in [0.4, 0.5) is 0 Å². The molecule has 2 atom stereocenters. The summed E-state index contributed by atoms with van der Waals surface area (Å²) < 4.78 is 0. The molecule has 1 aromatic rings. The number of hydrogen-bond donors (Lipinski definition) is 2. The highest BCUT2D eigenvalue weighted by Gasteiger charge is 2.28. The number of aromatic hydroxyl groups is 1. The number of phenolic OH excluding ortho intramolecular Hbond substituents is 1. The molecule has 1 fully saturated rings. The quantitative estimate of drug-likeness (QED) is 0.792. The molecule has 1 amide bonds. The predicted molar refractivity (Wildman–Crippen MR) is 70.8 cm³/mol. The maximum Gasteiger partial charge on any atom is 0.257 e. The smallest absolute Gasteiger partial charge is 0.257 e. The number of para-hydroxylation sites is 1. The summed E-state index contributed by atoms with van der Waals surface area (Å²) in [6.45, 7) is 7.34. The molecule has 1 aromatic carbocycles. The highest BCUT2D eigenvalue weighted by atomic mass is 16.3. The van der Waals surface area contributed by atoms with Gasteiger partial charge in [-0.25, -0.2) is 0 Å². The lowest BCUT2D eigenvalue weighted by Crippen LogP contribution is -2.56. The molecule has 0 aromatic heterocycles. The summed E-state index contributed by atoms with van der Waals surface area (Å²) in [5.74, 6) is 0.0120. The molecule has 18 heavy (non-hydrogen) atoms. The highest BCUT2D eigenvalue weighted by molar-refractivity contribution is 5.97. The molecule has 1 aliphatic rings. The Balaban J connectivity index is 2.27. The van der Waals surface area contributed by atoms with Crippen LogP contribution in [0, 0.1) is 6.92 Å². The number of rotatable bonds is 1. The monoisotopic (exact) mass is 248 g/mol. The lowest BCUT2D eigenvalue weighted by atomic mass is 10.1. The van der Waals surface area contributed by atoms with Gasteiger partial charge in [0.2, 0.25) is 0 Å². The summed E-state index contributed by atoms with van der Waals surface area (Å²) in [7, 11) is 0. The van der Waals surface area contributed by atoms with Crippen LogP contribution in [-0.2, 0) is 0 Å². The van der Waals surface area contributed by atoms with Gasteiger partial charge in [-0.2, -0.15) is 0 Å². The molecule has 0 radical (unpaired) electrons. The van der Waals surface area contributed by atoms with E-state index in [1.165, 1.54) is 0 Å². The number of hydrogen-bond acceptors (Lipinski definition) is 3. The second-order valence-corrected chi connectivity index (χ2v) is 5.09. The Kier molecular flexibility index (Phi) is 3.57. The van der Waals surface area contributed by atoms with Gasteiger partial charge in [0, 0.05) is 25.2 Å². The Morgan fingerprint density at radius 2 is 2.17 bits per heavy atom. The Labute approximate surface area is 108 Å². The van der Waals surface area contributed by atoms with Crippen molar-refractivity contribution in [3.63, 3.8) is 0 Å². The fraction of sp³-hybridized carbons (Fsp3) is 0.500. The molecule has 1 aliphatic heterocycles. The molecule has 98 valence electrons. The molecule has 0 saturated carbocycles. The molecule has 0 spiro atoms. The average molecular weight is 248 g/mol. The van der Waals surface area contributed by atoms with Crippen molar-refractivity contribution < 1.29 is 9.90 Å². The fourth-order valence-electron chi connectivity index (χ4n) is 2.29. The Bertz CT molecular complexity index is 459. The normalized spacial score (nSPS) is 24.1. The van der Waals surface area contributed by atoms with Crippen molar-refractivity contribution in [2.24, 2.45) is 0 Å². The van der Waals surface area contributed by atoms with Crippen LogP contribution in [0.25, 0.3) is 0 Å². The van der Waals surface area contributed by atoms with Crippen molar-refractivity contribution in [3.05, 3.63) is 29.3 Å². The van der Waals surface area contributed by atoms with Crippen molar-refractivity contribution in [1.29, 1.82) is 0 Å². The zero-order valence-electron chi connectivity index (χ0n) is 11.1. The Hall–Kier alpha value is -1.55. The highest BCUT2D eigenvalue weighted by Crippen LogP contribution is 2.24. The first-order valence-electron chi connectivity index (χ1n) is 6.33. The molecule has 2 rings (SSSR count). The van der Waals surface area contributed by atoms with Crippen LogP contribution in [0.3, 0.4) is 0 Å². The first-order valence-corrected chi connectivity index (χ1v) is 6.33. The van der Waals surface area contributed by atoms with Gasteiger partial charge in [-0.1, -0.05) is 12.1 Å². The predicted octanol–water partition coefficient (Wildman–Crippen LogP) is 1.52. The second kappa shape index (κ2) is 4.98. The lowest BCUT2D eigenvalue weighted by molar-refractivity contribution is 0.0613. The first kappa shape index (κ1) is 12.9. The van der Waals surface area contributed by atoms with Crippen LogP contribution in [0.2, 0.25) is 0 Å². The number of nitrogens with zero attached hydrogens (tertiary/aromatic N) is 1. The number of aryl methyl sites for hydroxylation is 1. The third kappa shape index (κ3) is 2.34. The minimum Gasteiger partial charge on any atom is -0.507 e. The van der Waals surface area contributed by atoms with Gasteiger partial charge in [0.25, 0.3) is 5.91 Å². The van der Waals surface area contributed by atoms with E-state index in [-0.39, 0.29) is 23.7 Å². The van der Waals surface area contributed by atoms with Crippen LogP contribution in [0.5, 0.6) is 5.75 Å². The number of piperazine rings is 1. The summed E-state index contributed by atoms with van der Waals surface area (Å²) in [5.41, 5.74) is 1.13. The summed E-state index contributed by atoms with van der Waals surface area (Å²) >= 11 is 0. The Morgan fingerprint density at radius 1 is 1.44 bits per heavy atom. The van der Waals surface area contributed by atoms with E-state index in [2.05, 4.69) is 12.2 Å². The summed E-state index contributed by atoms with van der Waals surface area (Å²) in [6.07, 6.45) is 0. The molecule has 1 saturated heterocycles. The summed E-state index contributed by atoms with van der Waals surface area (Å²) in [5, 5.41) is 13.3. The van der Waals surface area contributed by atoms with E-state index in [0.717, 1.165) is 12.1 Å². The fourth-order valence-corrected chi connectivity index (χ4v) is 2.29. The third-order valence-electron chi connectivity index (χ3n) is 3.49. The van der Waals surface area contributed by atoms with E-state index >= 15 is 0 Å². The van der Waals surface area contributed by atoms with Crippen LogP contribution in [-0.4, -0.2) is 41.1 Å². The third-order valence-corrected chi connectivity index (χ3v) is 3.49. The maximum atomic E-state index is 12.5. The first-order chi connectivity index (χ1) is 8.50. The van der Waals surface area contributed by atoms with E-state index < -0.39 is 0 Å². The van der Waals surface area contributed by atoms with Crippen LogP contribution >= 0.6 is 0 Å². The SMILES string of the molecule is Cc1cccc(C(=O)N2CC(C)NCC2C)c1O. The Morgan fingerprint density at radius 3 is 2.89 bits per heavy atom. The van der Waals surface area contributed by atoms with Crippen molar-refractivity contribution in [2.75, 3.05) is 13.1 Å². The second-order valence-electron chi connectivity index (χ2n) is 5.09. The van der Waals surface area contributed by atoms with Crippen LogP contribution in [0.1, 0.15) is 29.8 Å². The molecule has 2 unspecified atom stereocenters. The molecular formula is C14H20N2O2. The van der Waals surface area contributed by atoms with Gasteiger partial charge in [0.15, 0.2) is 0 Å². The van der Waals surface area contributed by atoms with E-state index in [9.17, 15) is 9.90 Å². The molecule has 2 N–H and O–H groups in total. The molecule has 0 aliphatic carbocycles. The molecule has 1 heterocycles. The summed E-state index contributed by atoms with van der Waals surface area (Å²) in [4.78, 5) is 14.3. The number of phenols is 1. The van der Waals surface area contributed by atoms with Gasteiger partial charge in [-0.05, 0) is 32.4 Å². The number of benzene rings is 1.